The van der Waals surface area contributed by atoms with Crippen molar-refractivity contribution in [1.29, 1.82) is 0 Å². The van der Waals surface area contributed by atoms with Crippen LogP contribution in [0, 0.1) is 5.82 Å². The van der Waals surface area contributed by atoms with Gasteiger partial charge in [-0.05, 0) is 56.3 Å². The molecule has 0 heterocycles. The molecule has 0 atom stereocenters. The monoisotopic (exact) mass is 457 g/mol. The fraction of sp³-hybridized carbons (Fsp3) is 0.316. The van der Waals surface area contributed by atoms with E-state index in [2.05, 4.69) is 5.32 Å². The molecule has 8 nitrogen and oxygen atoms in total. The van der Waals surface area contributed by atoms with Gasteiger partial charge >= 0.3 is 0 Å². The lowest BCUT2D eigenvalue weighted by Crippen LogP contribution is -2.33. The van der Waals surface area contributed by atoms with E-state index in [0.29, 0.717) is 5.69 Å². The zero-order valence-corrected chi connectivity index (χ0v) is 18.9. The maximum atomic E-state index is 14.0. The molecule has 0 spiro atoms. The van der Waals surface area contributed by atoms with Crippen LogP contribution in [0.25, 0.3) is 0 Å². The highest BCUT2D eigenvalue weighted by Gasteiger charge is 2.24. The molecule has 0 aliphatic heterocycles. The van der Waals surface area contributed by atoms with E-state index in [1.807, 2.05) is 0 Å². The van der Waals surface area contributed by atoms with Gasteiger partial charge in [0.15, 0.2) is 0 Å². The third-order valence-electron chi connectivity index (χ3n) is 4.47. The average molecular weight is 458 g/mol. The minimum Gasteiger partial charge on any atom is -0.322 e. The number of amides is 1. The van der Waals surface area contributed by atoms with Crippen LogP contribution in [-0.4, -0.2) is 58.5 Å². The average Bonchev–Trinajstić information content (AvgIpc) is 2.67. The summed E-state index contributed by atoms with van der Waals surface area (Å²) in [6.07, 6.45) is 0. The van der Waals surface area contributed by atoms with Crippen molar-refractivity contribution >= 4 is 31.6 Å². The largest absolute Gasteiger partial charge is 0.322 e. The van der Waals surface area contributed by atoms with Crippen LogP contribution in [-0.2, 0) is 20.0 Å². The van der Waals surface area contributed by atoms with E-state index in [1.54, 1.807) is 13.8 Å². The summed E-state index contributed by atoms with van der Waals surface area (Å²) >= 11 is 0. The smallest absolute Gasteiger partial charge is 0.255 e. The van der Waals surface area contributed by atoms with Crippen molar-refractivity contribution in [3.05, 3.63) is 53.8 Å². The van der Waals surface area contributed by atoms with E-state index in [1.165, 1.54) is 49.7 Å². The summed E-state index contributed by atoms with van der Waals surface area (Å²) in [6.45, 7) is 3.50. The first-order valence-electron chi connectivity index (χ1n) is 8.90. The van der Waals surface area contributed by atoms with Crippen molar-refractivity contribution in [1.82, 2.24) is 8.61 Å². The Morgan fingerprint density at radius 2 is 1.50 bits per heavy atom. The maximum absolute atomic E-state index is 14.0. The molecule has 0 saturated carbocycles. The Morgan fingerprint density at radius 3 is 2.00 bits per heavy atom. The van der Waals surface area contributed by atoms with Gasteiger partial charge in [0.25, 0.3) is 5.91 Å². The van der Waals surface area contributed by atoms with Gasteiger partial charge in [-0.15, -0.1) is 0 Å². The molecule has 11 heteroatoms. The molecule has 0 radical (unpaired) electrons. The molecule has 0 unspecified atom stereocenters. The molecule has 30 heavy (non-hydrogen) atoms. The van der Waals surface area contributed by atoms with Gasteiger partial charge in [-0.2, -0.15) is 4.31 Å². The maximum Gasteiger partial charge on any atom is 0.255 e. The number of sulfonamides is 2. The third-order valence-corrected chi connectivity index (χ3v) is 8.35. The first-order chi connectivity index (χ1) is 13.8. The molecule has 2 aromatic rings. The second-order valence-electron chi connectivity index (χ2n) is 7.03. The van der Waals surface area contributed by atoms with Crippen LogP contribution in [0.2, 0.25) is 0 Å². The van der Waals surface area contributed by atoms with Crippen LogP contribution >= 0.6 is 0 Å². The summed E-state index contributed by atoms with van der Waals surface area (Å²) in [7, 11) is -3.74. The van der Waals surface area contributed by atoms with Gasteiger partial charge in [0.1, 0.15) is 10.7 Å². The summed E-state index contributed by atoms with van der Waals surface area (Å²) in [6, 6.07) is 8.35. The fourth-order valence-electron chi connectivity index (χ4n) is 2.40. The molecule has 164 valence electrons. The second kappa shape index (κ2) is 8.80. The van der Waals surface area contributed by atoms with Gasteiger partial charge in [-0.25, -0.2) is 25.5 Å². The van der Waals surface area contributed by atoms with Gasteiger partial charge in [-0.3, -0.25) is 4.79 Å². The number of nitrogens with one attached hydrogen (secondary N) is 1. The summed E-state index contributed by atoms with van der Waals surface area (Å²) in [5.41, 5.74) is 0.237. The minimum atomic E-state index is -4.07. The molecule has 0 aromatic heterocycles. The van der Waals surface area contributed by atoms with Crippen molar-refractivity contribution in [3.8, 4) is 0 Å². The van der Waals surface area contributed by atoms with Crippen LogP contribution in [0.15, 0.2) is 52.3 Å². The van der Waals surface area contributed by atoms with E-state index in [9.17, 15) is 26.0 Å². The second-order valence-corrected chi connectivity index (χ2v) is 11.1. The SMILES string of the molecule is CC(C)N(C)S(=O)(=O)c1ccc(NC(=O)c2ccc(F)c(S(=O)(=O)N(C)C)c2)cc1. The quantitative estimate of drug-likeness (QED) is 0.687. The lowest BCUT2D eigenvalue weighted by molar-refractivity contribution is 0.102. The van der Waals surface area contributed by atoms with E-state index >= 15 is 0 Å². The van der Waals surface area contributed by atoms with Crippen molar-refractivity contribution < 1.29 is 26.0 Å². The van der Waals surface area contributed by atoms with Gasteiger partial charge < -0.3 is 5.32 Å². The highest BCUT2D eigenvalue weighted by molar-refractivity contribution is 7.89. The van der Waals surface area contributed by atoms with Crippen molar-refractivity contribution in [3.63, 3.8) is 0 Å². The Balaban J connectivity index is 2.27. The van der Waals surface area contributed by atoms with Crippen LogP contribution < -0.4 is 5.32 Å². The molecule has 0 fully saturated rings. The van der Waals surface area contributed by atoms with Crippen LogP contribution in [0.3, 0.4) is 0 Å². The Labute approximate surface area is 176 Å². The summed E-state index contributed by atoms with van der Waals surface area (Å²) in [5, 5.41) is 2.54. The lowest BCUT2D eigenvalue weighted by Gasteiger charge is -2.21. The number of hydrogen-bond donors (Lipinski definition) is 1. The van der Waals surface area contributed by atoms with Gasteiger partial charge in [0, 0.05) is 38.4 Å². The Hall–Kier alpha value is -2.34. The molecular formula is C19H24FN3O5S2. The molecule has 2 rings (SSSR count). The Kier molecular flexibility index (Phi) is 7.02. The highest BCUT2D eigenvalue weighted by Crippen LogP contribution is 2.22. The molecular weight excluding hydrogens is 433 g/mol. The normalized spacial score (nSPS) is 12.6. The number of rotatable bonds is 7. The predicted octanol–water partition coefficient (Wildman–Crippen LogP) is 2.36. The number of carbonyl (C=O) groups is 1. The number of carbonyl (C=O) groups excluding carboxylic acids is 1. The topological polar surface area (TPSA) is 104 Å². The van der Waals surface area contributed by atoms with Crippen LogP contribution in [0.4, 0.5) is 10.1 Å². The fourth-order valence-corrected chi connectivity index (χ4v) is 4.75. The molecule has 2 aromatic carbocycles. The number of benzene rings is 2. The lowest BCUT2D eigenvalue weighted by atomic mass is 10.2. The number of hydrogen-bond acceptors (Lipinski definition) is 5. The van der Waals surface area contributed by atoms with Crippen molar-refractivity contribution in [2.45, 2.75) is 29.7 Å². The molecule has 1 N–H and O–H groups in total. The standard InChI is InChI=1S/C19H24FN3O5S2/c1-13(2)23(5)29(25,26)16-9-7-15(8-10-16)21-19(24)14-6-11-17(20)18(12-14)30(27,28)22(3)4/h6-13H,1-5H3,(H,21,24). The third kappa shape index (κ3) is 4.86. The molecule has 0 saturated heterocycles. The van der Waals surface area contributed by atoms with Crippen LogP contribution in [0.5, 0.6) is 0 Å². The van der Waals surface area contributed by atoms with E-state index in [0.717, 1.165) is 22.5 Å². The molecule has 0 bridgehead atoms. The number of halogens is 1. The van der Waals surface area contributed by atoms with E-state index in [-0.39, 0.29) is 16.5 Å². The summed E-state index contributed by atoms with van der Waals surface area (Å²) in [5.74, 6) is -1.64. The minimum absolute atomic E-state index is 0.0620. The number of anilines is 1. The van der Waals surface area contributed by atoms with Crippen LogP contribution in [0.1, 0.15) is 24.2 Å². The van der Waals surface area contributed by atoms with Crippen molar-refractivity contribution in [2.24, 2.45) is 0 Å². The van der Waals surface area contributed by atoms with Gasteiger partial charge in [0.2, 0.25) is 20.0 Å². The molecule has 0 aliphatic carbocycles. The summed E-state index contributed by atoms with van der Waals surface area (Å²) in [4.78, 5) is 11.9. The van der Waals surface area contributed by atoms with Gasteiger partial charge in [0.05, 0.1) is 4.90 Å². The van der Waals surface area contributed by atoms with Gasteiger partial charge in [-0.1, -0.05) is 0 Å². The Bertz CT molecular complexity index is 1150. The molecule has 1 amide bonds. The number of nitrogens with zero attached hydrogens (tertiary/aromatic N) is 2. The Morgan fingerprint density at radius 1 is 0.933 bits per heavy atom. The highest BCUT2D eigenvalue weighted by atomic mass is 32.2. The zero-order chi connectivity index (χ0) is 22.9. The molecule has 0 aliphatic rings. The van der Waals surface area contributed by atoms with E-state index in [4.69, 9.17) is 0 Å². The predicted molar refractivity (Wildman–Crippen MR) is 112 cm³/mol. The first kappa shape index (κ1) is 23.9. The van der Waals surface area contributed by atoms with Crippen molar-refractivity contribution in [2.75, 3.05) is 26.5 Å². The zero-order valence-electron chi connectivity index (χ0n) is 17.2. The summed E-state index contributed by atoms with van der Waals surface area (Å²) < 4.78 is 65.5. The first-order valence-corrected chi connectivity index (χ1v) is 11.8. The van der Waals surface area contributed by atoms with E-state index < -0.39 is 36.7 Å².